The van der Waals surface area contributed by atoms with E-state index < -0.39 is 0 Å². The van der Waals surface area contributed by atoms with Crippen molar-refractivity contribution in [3.8, 4) is 0 Å². The summed E-state index contributed by atoms with van der Waals surface area (Å²) in [6.45, 7) is 1.81. The highest BCUT2D eigenvalue weighted by Crippen LogP contribution is 2.02. The molecule has 2 nitrogen and oxygen atoms in total. The highest BCUT2D eigenvalue weighted by Gasteiger charge is 2.02. The molecule has 0 aliphatic heterocycles. The normalized spacial score (nSPS) is 10.0. The molecule has 1 radical (unpaired) electrons. The highest BCUT2D eigenvalue weighted by atomic mass is 16.1. The van der Waals surface area contributed by atoms with E-state index in [-0.39, 0.29) is 5.91 Å². The Labute approximate surface area is 108 Å². The number of nitrogens with one attached hydrogen (secondary N) is 1. The number of carbonyl (C=O) groups is 1. The summed E-state index contributed by atoms with van der Waals surface area (Å²) in [5.74, 6) is 0.0251. The molecule has 0 unspecified atom stereocenters. The van der Waals surface area contributed by atoms with Crippen LogP contribution in [0.25, 0.3) is 0 Å². The standard InChI is InChI=1S/C16H16NO/c18-16(13-15-9-5-2-6-10-15)17-12-11-14-7-3-1-4-8-14/h1-10,12H,11,13H2,(H,17,18). The lowest BCUT2D eigenvalue weighted by atomic mass is 10.1. The average molecular weight is 238 g/mol. The summed E-state index contributed by atoms with van der Waals surface area (Å²) >= 11 is 0. The lowest BCUT2D eigenvalue weighted by Crippen LogP contribution is -2.23. The average Bonchev–Trinajstić information content (AvgIpc) is 2.41. The third kappa shape index (κ3) is 4.06. The fraction of sp³-hybridized carbons (Fsp3) is 0.125. The van der Waals surface area contributed by atoms with Crippen LogP contribution in [0.15, 0.2) is 60.7 Å². The van der Waals surface area contributed by atoms with Crippen molar-refractivity contribution in [1.29, 1.82) is 0 Å². The van der Waals surface area contributed by atoms with Crippen LogP contribution in [0.1, 0.15) is 11.1 Å². The van der Waals surface area contributed by atoms with Gasteiger partial charge in [0.1, 0.15) is 0 Å². The molecule has 1 amide bonds. The number of hydrogen-bond acceptors (Lipinski definition) is 1. The molecule has 18 heavy (non-hydrogen) atoms. The van der Waals surface area contributed by atoms with Gasteiger partial charge in [-0.2, -0.15) is 0 Å². The van der Waals surface area contributed by atoms with Gasteiger partial charge in [-0.3, -0.25) is 4.79 Å². The molecule has 2 aromatic carbocycles. The van der Waals surface area contributed by atoms with Gasteiger partial charge in [-0.15, -0.1) is 0 Å². The molecule has 0 fully saturated rings. The van der Waals surface area contributed by atoms with Gasteiger partial charge in [0.25, 0.3) is 0 Å². The molecule has 0 saturated heterocycles. The van der Waals surface area contributed by atoms with Gasteiger partial charge in [0.05, 0.1) is 13.0 Å². The van der Waals surface area contributed by atoms with Crippen molar-refractivity contribution >= 4 is 5.91 Å². The SMILES string of the molecule is O=C(Cc1ccccc1)N[CH]Cc1ccccc1. The second kappa shape index (κ2) is 6.60. The van der Waals surface area contributed by atoms with Crippen LogP contribution in [-0.2, 0) is 17.6 Å². The first-order valence-electron chi connectivity index (χ1n) is 6.03. The molecule has 2 rings (SSSR count). The number of benzene rings is 2. The Bertz CT molecular complexity index is 479. The monoisotopic (exact) mass is 238 g/mol. The third-order valence-electron chi connectivity index (χ3n) is 2.65. The summed E-state index contributed by atoms with van der Waals surface area (Å²) < 4.78 is 0. The van der Waals surface area contributed by atoms with Crippen LogP contribution in [0, 0.1) is 6.54 Å². The lowest BCUT2D eigenvalue weighted by molar-refractivity contribution is -0.119. The Balaban J connectivity index is 1.73. The number of hydrogen-bond donors (Lipinski definition) is 1. The van der Waals surface area contributed by atoms with E-state index in [0.717, 1.165) is 12.0 Å². The molecule has 0 saturated carbocycles. The van der Waals surface area contributed by atoms with Gasteiger partial charge in [0.2, 0.25) is 5.91 Å². The van der Waals surface area contributed by atoms with Crippen molar-refractivity contribution in [2.45, 2.75) is 12.8 Å². The van der Waals surface area contributed by atoms with E-state index in [1.54, 1.807) is 6.54 Å². The molecule has 2 heteroatoms. The second-order valence-electron chi connectivity index (χ2n) is 4.12. The predicted octanol–water partition coefficient (Wildman–Crippen LogP) is 2.75. The van der Waals surface area contributed by atoms with Gasteiger partial charge in [0.15, 0.2) is 0 Å². The fourth-order valence-electron chi connectivity index (χ4n) is 1.73. The zero-order valence-electron chi connectivity index (χ0n) is 10.2. The molecule has 2 aromatic rings. The fourth-order valence-corrected chi connectivity index (χ4v) is 1.73. The van der Waals surface area contributed by atoms with Gasteiger partial charge in [-0.1, -0.05) is 60.7 Å². The van der Waals surface area contributed by atoms with Crippen LogP contribution in [-0.4, -0.2) is 5.91 Å². The van der Waals surface area contributed by atoms with E-state index >= 15 is 0 Å². The van der Waals surface area contributed by atoms with E-state index in [2.05, 4.69) is 5.32 Å². The van der Waals surface area contributed by atoms with E-state index in [0.29, 0.717) is 6.42 Å². The van der Waals surface area contributed by atoms with Gasteiger partial charge in [0, 0.05) is 0 Å². The molecule has 1 N–H and O–H groups in total. The minimum absolute atomic E-state index is 0.0251. The highest BCUT2D eigenvalue weighted by molar-refractivity contribution is 5.79. The minimum Gasteiger partial charge on any atom is -0.351 e. The van der Waals surface area contributed by atoms with Crippen LogP contribution < -0.4 is 5.32 Å². The summed E-state index contributed by atoms with van der Waals surface area (Å²) in [6, 6.07) is 19.8. The Kier molecular flexibility index (Phi) is 4.53. The van der Waals surface area contributed by atoms with E-state index in [9.17, 15) is 4.79 Å². The van der Waals surface area contributed by atoms with Crippen LogP contribution in [0.2, 0.25) is 0 Å². The smallest absolute Gasteiger partial charge is 0.224 e. The molecule has 0 atom stereocenters. The topological polar surface area (TPSA) is 29.1 Å². The quantitative estimate of drug-likeness (QED) is 0.852. The molecule has 0 bridgehead atoms. The molecule has 0 aliphatic carbocycles. The number of amides is 1. The van der Waals surface area contributed by atoms with Crippen molar-refractivity contribution in [3.05, 3.63) is 78.3 Å². The molecule has 0 heterocycles. The molecule has 0 aliphatic rings. The summed E-state index contributed by atoms with van der Waals surface area (Å²) in [6.07, 6.45) is 1.17. The minimum atomic E-state index is 0.0251. The summed E-state index contributed by atoms with van der Waals surface area (Å²) in [5, 5.41) is 2.82. The van der Waals surface area contributed by atoms with Crippen molar-refractivity contribution in [2.24, 2.45) is 0 Å². The Morgan fingerprint density at radius 2 is 1.44 bits per heavy atom. The Morgan fingerprint density at radius 3 is 2.06 bits per heavy atom. The molecule has 0 spiro atoms. The lowest BCUT2D eigenvalue weighted by Gasteiger charge is -2.04. The zero-order valence-corrected chi connectivity index (χ0v) is 10.2. The van der Waals surface area contributed by atoms with E-state index in [1.165, 1.54) is 5.56 Å². The molecular formula is C16H16NO. The van der Waals surface area contributed by atoms with Crippen LogP contribution in [0.4, 0.5) is 0 Å². The van der Waals surface area contributed by atoms with E-state index in [4.69, 9.17) is 0 Å². The van der Waals surface area contributed by atoms with E-state index in [1.807, 2.05) is 60.7 Å². The van der Waals surface area contributed by atoms with Crippen molar-refractivity contribution in [2.75, 3.05) is 0 Å². The molecule has 0 aromatic heterocycles. The first-order chi connectivity index (χ1) is 8.84. The molecule has 91 valence electrons. The van der Waals surface area contributed by atoms with Crippen molar-refractivity contribution < 1.29 is 4.79 Å². The third-order valence-corrected chi connectivity index (χ3v) is 2.65. The maximum absolute atomic E-state index is 11.7. The van der Waals surface area contributed by atoms with Crippen LogP contribution >= 0.6 is 0 Å². The number of rotatable bonds is 5. The van der Waals surface area contributed by atoms with Crippen LogP contribution in [0.5, 0.6) is 0 Å². The predicted molar refractivity (Wildman–Crippen MR) is 72.7 cm³/mol. The Hall–Kier alpha value is -2.09. The first kappa shape index (κ1) is 12.4. The van der Waals surface area contributed by atoms with Gasteiger partial charge < -0.3 is 5.32 Å². The van der Waals surface area contributed by atoms with Crippen molar-refractivity contribution in [3.63, 3.8) is 0 Å². The van der Waals surface area contributed by atoms with Gasteiger partial charge >= 0.3 is 0 Å². The van der Waals surface area contributed by atoms with Gasteiger partial charge in [-0.05, 0) is 17.5 Å². The van der Waals surface area contributed by atoms with Crippen LogP contribution in [0.3, 0.4) is 0 Å². The summed E-state index contributed by atoms with van der Waals surface area (Å²) in [4.78, 5) is 11.7. The zero-order chi connectivity index (χ0) is 12.6. The van der Waals surface area contributed by atoms with Crippen molar-refractivity contribution in [1.82, 2.24) is 5.32 Å². The maximum atomic E-state index is 11.7. The largest absolute Gasteiger partial charge is 0.351 e. The second-order valence-corrected chi connectivity index (χ2v) is 4.12. The number of carbonyl (C=O) groups excluding carboxylic acids is 1. The summed E-state index contributed by atoms with van der Waals surface area (Å²) in [5.41, 5.74) is 2.22. The maximum Gasteiger partial charge on any atom is 0.224 e. The molecular weight excluding hydrogens is 222 g/mol. The first-order valence-corrected chi connectivity index (χ1v) is 6.03. The Morgan fingerprint density at radius 1 is 0.889 bits per heavy atom. The summed E-state index contributed by atoms with van der Waals surface area (Å²) in [7, 11) is 0. The van der Waals surface area contributed by atoms with Gasteiger partial charge in [-0.25, -0.2) is 0 Å².